The van der Waals surface area contributed by atoms with Gasteiger partial charge in [-0.2, -0.15) is 0 Å². The molecule has 0 fully saturated rings. The van der Waals surface area contributed by atoms with E-state index in [1.165, 1.54) is 83.5 Å². The minimum atomic E-state index is -1.55. The van der Waals surface area contributed by atoms with E-state index < -0.39 is 12.2 Å². The SMILES string of the molecule is CCCCCCCCCCCCCCCCCC(=O)C(CNC)C(O)O. The van der Waals surface area contributed by atoms with E-state index >= 15 is 0 Å². The maximum absolute atomic E-state index is 11.9. The van der Waals surface area contributed by atoms with Crippen molar-refractivity contribution in [2.45, 2.75) is 116 Å². The van der Waals surface area contributed by atoms with Crippen molar-refractivity contribution >= 4 is 5.78 Å². The van der Waals surface area contributed by atoms with Gasteiger partial charge < -0.3 is 15.5 Å². The second-order valence-corrected chi connectivity index (χ2v) is 7.74. The van der Waals surface area contributed by atoms with Gasteiger partial charge >= 0.3 is 0 Å². The Bertz CT molecular complexity index is 308. The summed E-state index contributed by atoms with van der Waals surface area (Å²) in [5, 5.41) is 21.3. The summed E-state index contributed by atoms with van der Waals surface area (Å²) in [4.78, 5) is 11.9. The zero-order chi connectivity index (χ0) is 19.5. The van der Waals surface area contributed by atoms with Crippen LogP contribution in [0.5, 0.6) is 0 Å². The third-order valence-corrected chi connectivity index (χ3v) is 5.22. The van der Waals surface area contributed by atoms with E-state index in [1.807, 2.05) is 0 Å². The molecule has 0 radical (unpaired) electrons. The molecule has 0 aromatic carbocycles. The predicted octanol–water partition coefficient (Wildman–Crippen LogP) is 4.96. The fraction of sp³-hybridized carbons (Fsp3) is 0.955. The average molecular weight is 372 g/mol. The van der Waals surface area contributed by atoms with Gasteiger partial charge in [0, 0.05) is 13.0 Å². The first kappa shape index (κ1) is 25.6. The molecule has 0 aliphatic carbocycles. The lowest BCUT2D eigenvalue weighted by atomic mass is 9.97. The van der Waals surface area contributed by atoms with Gasteiger partial charge in [-0.15, -0.1) is 0 Å². The maximum atomic E-state index is 11.9. The Morgan fingerprint density at radius 1 is 0.731 bits per heavy atom. The molecule has 4 nitrogen and oxygen atoms in total. The van der Waals surface area contributed by atoms with E-state index in [-0.39, 0.29) is 5.78 Å². The van der Waals surface area contributed by atoms with Crippen molar-refractivity contribution in [2.24, 2.45) is 5.92 Å². The number of rotatable bonds is 20. The van der Waals surface area contributed by atoms with E-state index in [4.69, 9.17) is 0 Å². The molecular weight excluding hydrogens is 326 g/mol. The quantitative estimate of drug-likeness (QED) is 0.209. The molecule has 0 aliphatic rings. The van der Waals surface area contributed by atoms with E-state index in [9.17, 15) is 15.0 Å². The summed E-state index contributed by atoms with van der Waals surface area (Å²) in [6.45, 7) is 2.60. The first-order valence-electron chi connectivity index (χ1n) is 11.2. The zero-order valence-electron chi connectivity index (χ0n) is 17.5. The molecule has 26 heavy (non-hydrogen) atoms. The Kier molecular flexibility index (Phi) is 19.0. The third kappa shape index (κ3) is 15.8. The van der Waals surface area contributed by atoms with Crippen LogP contribution in [0.2, 0.25) is 0 Å². The fourth-order valence-electron chi connectivity index (χ4n) is 3.46. The van der Waals surface area contributed by atoms with Gasteiger partial charge in [0.05, 0.1) is 5.92 Å². The van der Waals surface area contributed by atoms with Crippen molar-refractivity contribution in [1.29, 1.82) is 0 Å². The number of nitrogens with one attached hydrogen (secondary N) is 1. The van der Waals surface area contributed by atoms with Gasteiger partial charge in [0.2, 0.25) is 0 Å². The van der Waals surface area contributed by atoms with Gasteiger partial charge in [0.1, 0.15) is 5.78 Å². The molecule has 0 saturated heterocycles. The summed E-state index contributed by atoms with van der Waals surface area (Å²) >= 11 is 0. The number of Topliss-reactive ketones (excluding diaryl/α,β-unsaturated/α-hetero) is 1. The van der Waals surface area contributed by atoms with Crippen LogP contribution in [0, 0.1) is 5.92 Å². The number of hydrogen-bond acceptors (Lipinski definition) is 4. The van der Waals surface area contributed by atoms with Gasteiger partial charge in [0.25, 0.3) is 0 Å². The summed E-state index contributed by atoms with van der Waals surface area (Å²) < 4.78 is 0. The predicted molar refractivity (Wildman–Crippen MR) is 110 cm³/mol. The molecule has 0 rings (SSSR count). The first-order chi connectivity index (χ1) is 12.6. The Balaban J connectivity index is 3.32. The topological polar surface area (TPSA) is 69.6 Å². The summed E-state index contributed by atoms with van der Waals surface area (Å²) in [6.07, 6.45) is 18.5. The Hall–Kier alpha value is -0.450. The number of carbonyl (C=O) groups is 1. The van der Waals surface area contributed by atoms with Crippen LogP contribution in [0.1, 0.15) is 110 Å². The Morgan fingerprint density at radius 3 is 1.46 bits per heavy atom. The standard InChI is InChI=1S/C22H45NO3/c1-3-4-5-6-7-8-9-10-11-12-13-14-15-16-17-18-21(24)20(19-23-2)22(25)26/h20,22-23,25-26H,3-19H2,1-2H3. The van der Waals surface area contributed by atoms with E-state index in [1.54, 1.807) is 7.05 Å². The lowest BCUT2D eigenvalue weighted by Crippen LogP contribution is -2.35. The number of unbranched alkanes of at least 4 members (excludes halogenated alkanes) is 14. The fourth-order valence-corrected chi connectivity index (χ4v) is 3.46. The third-order valence-electron chi connectivity index (χ3n) is 5.22. The van der Waals surface area contributed by atoms with Gasteiger partial charge in [0.15, 0.2) is 6.29 Å². The second kappa shape index (κ2) is 19.3. The van der Waals surface area contributed by atoms with Gasteiger partial charge in [-0.25, -0.2) is 0 Å². The Morgan fingerprint density at radius 2 is 1.12 bits per heavy atom. The minimum Gasteiger partial charge on any atom is -0.367 e. The highest BCUT2D eigenvalue weighted by Crippen LogP contribution is 2.14. The molecule has 0 aromatic heterocycles. The molecule has 0 aliphatic heterocycles. The lowest BCUT2D eigenvalue weighted by molar-refractivity contribution is -0.139. The smallest absolute Gasteiger partial charge is 0.162 e. The highest BCUT2D eigenvalue weighted by atomic mass is 16.5. The summed E-state index contributed by atoms with van der Waals surface area (Å²) in [6, 6.07) is 0. The summed E-state index contributed by atoms with van der Waals surface area (Å²) in [5.41, 5.74) is 0. The van der Waals surface area contributed by atoms with Crippen LogP contribution in [-0.4, -0.2) is 35.9 Å². The van der Waals surface area contributed by atoms with Crippen molar-refractivity contribution in [2.75, 3.05) is 13.6 Å². The molecule has 3 N–H and O–H groups in total. The normalized spacial score (nSPS) is 12.7. The van der Waals surface area contributed by atoms with Crippen molar-refractivity contribution in [3.05, 3.63) is 0 Å². The van der Waals surface area contributed by atoms with Gasteiger partial charge in [-0.05, 0) is 13.5 Å². The molecule has 0 bridgehead atoms. The van der Waals surface area contributed by atoms with Gasteiger partial charge in [-0.1, -0.05) is 96.8 Å². The lowest BCUT2D eigenvalue weighted by Gasteiger charge is -2.17. The Labute approximate surface area is 162 Å². The van der Waals surface area contributed by atoms with Crippen LogP contribution < -0.4 is 5.32 Å². The maximum Gasteiger partial charge on any atom is 0.162 e. The number of carbonyl (C=O) groups excluding carboxylic acids is 1. The molecule has 0 amide bonds. The molecule has 0 saturated carbocycles. The average Bonchev–Trinajstić information content (AvgIpc) is 2.62. The van der Waals surface area contributed by atoms with Crippen molar-refractivity contribution in [3.8, 4) is 0 Å². The largest absolute Gasteiger partial charge is 0.367 e. The molecule has 0 spiro atoms. The van der Waals surface area contributed by atoms with E-state index in [2.05, 4.69) is 12.2 Å². The van der Waals surface area contributed by atoms with Crippen LogP contribution in [0.25, 0.3) is 0 Å². The van der Waals surface area contributed by atoms with Crippen molar-refractivity contribution < 1.29 is 15.0 Å². The molecule has 4 heteroatoms. The van der Waals surface area contributed by atoms with E-state index in [0.717, 1.165) is 12.8 Å². The highest BCUT2D eigenvalue weighted by molar-refractivity contribution is 5.81. The summed E-state index contributed by atoms with van der Waals surface area (Å²) in [7, 11) is 1.72. The van der Waals surface area contributed by atoms with Crippen LogP contribution in [0.15, 0.2) is 0 Å². The number of aliphatic hydroxyl groups excluding tert-OH is 1. The molecular formula is C22H45NO3. The molecule has 1 unspecified atom stereocenters. The highest BCUT2D eigenvalue weighted by Gasteiger charge is 2.23. The molecule has 0 aromatic rings. The first-order valence-corrected chi connectivity index (χ1v) is 11.2. The van der Waals surface area contributed by atoms with Crippen LogP contribution in [0.4, 0.5) is 0 Å². The van der Waals surface area contributed by atoms with E-state index in [0.29, 0.717) is 13.0 Å². The number of aliphatic hydroxyl groups is 2. The molecule has 1 atom stereocenters. The zero-order valence-corrected chi connectivity index (χ0v) is 17.5. The molecule has 0 heterocycles. The van der Waals surface area contributed by atoms with Crippen LogP contribution in [0.3, 0.4) is 0 Å². The minimum absolute atomic E-state index is 0.0379. The number of hydrogen-bond donors (Lipinski definition) is 3. The number of ketones is 1. The molecule has 156 valence electrons. The monoisotopic (exact) mass is 371 g/mol. The van der Waals surface area contributed by atoms with Crippen molar-refractivity contribution in [3.63, 3.8) is 0 Å². The van der Waals surface area contributed by atoms with Gasteiger partial charge in [-0.3, -0.25) is 4.79 Å². The van der Waals surface area contributed by atoms with Crippen molar-refractivity contribution in [1.82, 2.24) is 5.32 Å². The second-order valence-electron chi connectivity index (χ2n) is 7.74. The van der Waals surface area contributed by atoms with Crippen LogP contribution in [-0.2, 0) is 4.79 Å². The van der Waals surface area contributed by atoms with Crippen LogP contribution >= 0.6 is 0 Å². The summed E-state index contributed by atoms with van der Waals surface area (Å²) in [5.74, 6) is -0.726.